The number of aryl methyl sites for hydroxylation is 1. The van der Waals surface area contributed by atoms with Crippen LogP contribution in [0.2, 0.25) is 0 Å². The van der Waals surface area contributed by atoms with E-state index < -0.39 is 0 Å². The predicted octanol–water partition coefficient (Wildman–Crippen LogP) is 5.81. The van der Waals surface area contributed by atoms with Gasteiger partial charge in [-0.25, -0.2) is 9.97 Å². The minimum Gasteiger partial charge on any atom is -0.457 e. The summed E-state index contributed by atoms with van der Waals surface area (Å²) in [5.74, 6) is 3.57. The number of anilines is 1. The molecule has 1 aliphatic carbocycles. The van der Waals surface area contributed by atoms with Gasteiger partial charge in [-0.1, -0.05) is 18.2 Å². The predicted molar refractivity (Wildman–Crippen MR) is 138 cm³/mol. The van der Waals surface area contributed by atoms with Gasteiger partial charge in [-0.3, -0.25) is 4.79 Å². The fourth-order valence-corrected chi connectivity index (χ4v) is 4.86. The monoisotopic (exact) mass is 494 g/mol. The Hall–Kier alpha value is -4.53. The van der Waals surface area contributed by atoms with Crippen molar-refractivity contribution < 1.29 is 13.9 Å². The molecule has 9 nitrogen and oxygen atoms in total. The van der Waals surface area contributed by atoms with Gasteiger partial charge < -0.3 is 19.5 Å². The third-order valence-corrected chi connectivity index (χ3v) is 6.77. The molecule has 1 fully saturated rings. The van der Waals surface area contributed by atoms with E-state index in [2.05, 4.69) is 30.5 Å². The second-order valence-corrected chi connectivity index (χ2v) is 9.27. The van der Waals surface area contributed by atoms with Crippen LogP contribution in [0.1, 0.15) is 59.3 Å². The van der Waals surface area contributed by atoms with Crippen LogP contribution in [-0.4, -0.2) is 37.0 Å². The van der Waals surface area contributed by atoms with Gasteiger partial charge in [0.1, 0.15) is 29.3 Å². The first-order valence-corrected chi connectivity index (χ1v) is 12.4. The molecule has 0 bridgehead atoms. The summed E-state index contributed by atoms with van der Waals surface area (Å²) in [7, 11) is 0. The Morgan fingerprint density at radius 3 is 2.46 bits per heavy atom. The van der Waals surface area contributed by atoms with Gasteiger partial charge in [-0.2, -0.15) is 0 Å². The Labute approximate surface area is 213 Å². The number of fused-ring (bicyclic) bond motifs is 1. The van der Waals surface area contributed by atoms with Crippen LogP contribution in [0.15, 0.2) is 71.5 Å². The molecule has 3 aromatic heterocycles. The van der Waals surface area contributed by atoms with Gasteiger partial charge in [0, 0.05) is 30.6 Å². The first-order valence-electron chi connectivity index (χ1n) is 12.4. The van der Waals surface area contributed by atoms with E-state index in [9.17, 15) is 4.79 Å². The van der Waals surface area contributed by atoms with Crippen molar-refractivity contribution in [3.8, 4) is 11.5 Å². The summed E-state index contributed by atoms with van der Waals surface area (Å²) in [4.78, 5) is 25.4. The Morgan fingerprint density at radius 1 is 0.973 bits per heavy atom. The first kappa shape index (κ1) is 22.9. The molecule has 2 aromatic carbocycles. The minimum absolute atomic E-state index is 0.106. The van der Waals surface area contributed by atoms with Gasteiger partial charge in [0.05, 0.1) is 10.9 Å². The number of carbonyl (C=O) groups is 1. The fraction of sp³-hybridized carbons (Fsp3) is 0.250. The summed E-state index contributed by atoms with van der Waals surface area (Å²) in [6, 6.07) is 16.9. The lowest BCUT2D eigenvalue weighted by Crippen LogP contribution is -2.26. The summed E-state index contributed by atoms with van der Waals surface area (Å²) >= 11 is 0. The van der Waals surface area contributed by atoms with E-state index in [1.54, 1.807) is 30.5 Å². The van der Waals surface area contributed by atoms with Gasteiger partial charge in [0.2, 0.25) is 11.8 Å². The summed E-state index contributed by atoms with van der Waals surface area (Å²) in [6.45, 7) is 1.81. The number of nitrogens with one attached hydrogen (secondary N) is 2. The molecular formula is C28H26N6O3. The molecule has 1 aliphatic rings. The van der Waals surface area contributed by atoms with Crippen LogP contribution in [0.5, 0.6) is 11.5 Å². The summed E-state index contributed by atoms with van der Waals surface area (Å²) in [5.41, 5.74) is 1.72. The number of carbonyl (C=O) groups excluding carboxylic acids is 1. The van der Waals surface area contributed by atoms with Crippen LogP contribution in [-0.2, 0) is 0 Å². The largest absolute Gasteiger partial charge is 0.457 e. The van der Waals surface area contributed by atoms with E-state index >= 15 is 0 Å². The SMILES string of the molecule is Cc1nnc([C@H]2CC[C@H](Nc3ncnc4[nH]cc(C(=O)c5ccc(Oc6ccccc6)cc5)c34)CC2)o1. The van der Waals surface area contributed by atoms with E-state index in [-0.39, 0.29) is 17.7 Å². The van der Waals surface area contributed by atoms with Crippen molar-refractivity contribution in [2.24, 2.45) is 0 Å². The fourth-order valence-electron chi connectivity index (χ4n) is 4.86. The van der Waals surface area contributed by atoms with E-state index in [1.807, 2.05) is 37.3 Å². The minimum atomic E-state index is -0.106. The number of hydrogen-bond donors (Lipinski definition) is 2. The zero-order chi connectivity index (χ0) is 25.2. The summed E-state index contributed by atoms with van der Waals surface area (Å²) in [5, 5.41) is 12.4. The van der Waals surface area contributed by atoms with Gasteiger partial charge >= 0.3 is 0 Å². The maximum absolute atomic E-state index is 13.5. The average Bonchev–Trinajstić information content (AvgIpc) is 3.57. The van der Waals surface area contributed by atoms with Crippen LogP contribution in [0, 0.1) is 6.92 Å². The number of hydrogen-bond acceptors (Lipinski definition) is 8. The van der Waals surface area contributed by atoms with Crippen LogP contribution >= 0.6 is 0 Å². The van der Waals surface area contributed by atoms with Gasteiger partial charge in [0.25, 0.3) is 0 Å². The highest BCUT2D eigenvalue weighted by molar-refractivity contribution is 6.18. The number of para-hydroxylation sites is 1. The number of benzene rings is 2. The summed E-state index contributed by atoms with van der Waals surface area (Å²) in [6.07, 6.45) is 6.99. The summed E-state index contributed by atoms with van der Waals surface area (Å²) < 4.78 is 11.5. The van der Waals surface area contributed by atoms with Crippen LogP contribution in [0.3, 0.4) is 0 Å². The quantitative estimate of drug-likeness (QED) is 0.272. The van der Waals surface area contributed by atoms with Crippen molar-refractivity contribution in [3.63, 3.8) is 0 Å². The van der Waals surface area contributed by atoms with Crippen LogP contribution in [0.4, 0.5) is 5.82 Å². The number of nitrogens with zero attached hydrogens (tertiary/aromatic N) is 4. The molecule has 0 saturated heterocycles. The second-order valence-electron chi connectivity index (χ2n) is 9.27. The van der Waals surface area contributed by atoms with Crippen molar-refractivity contribution in [2.45, 2.75) is 44.6 Å². The maximum Gasteiger partial charge on any atom is 0.219 e. The molecule has 0 atom stereocenters. The molecule has 2 N–H and O–H groups in total. The van der Waals surface area contributed by atoms with Crippen LogP contribution in [0.25, 0.3) is 11.0 Å². The number of rotatable bonds is 7. The average molecular weight is 495 g/mol. The molecule has 0 unspecified atom stereocenters. The normalized spacial score (nSPS) is 17.5. The molecule has 0 spiro atoms. The number of aromatic nitrogens is 5. The lowest BCUT2D eigenvalue weighted by molar-refractivity contribution is 0.104. The molecular weight excluding hydrogens is 468 g/mol. The second kappa shape index (κ2) is 9.85. The number of H-pyrrole nitrogens is 1. The standard InChI is InChI=1S/C28H26N6O3/c1-17-33-34-28(36-17)19-7-11-20(12-8-19)32-27-24-23(15-29-26(24)30-16-31-27)25(35)18-9-13-22(14-10-18)37-21-5-3-2-4-6-21/h2-6,9-10,13-16,19-20H,7-8,11-12H2,1H3,(H2,29,30,31,32)/t19-,20-. The molecule has 37 heavy (non-hydrogen) atoms. The lowest BCUT2D eigenvalue weighted by Gasteiger charge is -2.27. The van der Waals surface area contributed by atoms with Crippen molar-refractivity contribution >= 4 is 22.6 Å². The molecule has 6 rings (SSSR count). The smallest absolute Gasteiger partial charge is 0.219 e. The highest BCUT2D eigenvalue weighted by atomic mass is 16.5. The Bertz CT molecular complexity index is 1520. The highest BCUT2D eigenvalue weighted by Gasteiger charge is 2.27. The molecule has 1 saturated carbocycles. The zero-order valence-electron chi connectivity index (χ0n) is 20.3. The van der Waals surface area contributed by atoms with Crippen molar-refractivity contribution in [2.75, 3.05) is 5.32 Å². The highest BCUT2D eigenvalue weighted by Crippen LogP contribution is 2.34. The van der Waals surface area contributed by atoms with Gasteiger partial charge in [-0.05, 0) is 62.1 Å². The van der Waals surface area contributed by atoms with Gasteiger partial charge in [-0.15, -0.1) is 10.2 Å². The molecule has 186 valence electrons. The van der Waals surface area contributed by atoms with Crippen molar-refractivity contribution in [3.05, 3.63) is 90.0 Å². The first-order chi connectivity index (χ1) is 18.1. The molecule has 0 radical (unpaired) electrons. The number of ketones is 1. The number of aromatic amines is 1. The number of ether oxygens (including phenoxy) is 1. The zero-order valence-corrected chi connectivity index (χ0v) is 20.3. The van der Waals surface area contributed by atoms with Crippen LogP contribution < -0.4 is 10.1 Å². The van der Waals surface area contributed by atoms with Crippen molar-refractivity contribution in [1.82, 2.24) is 25.1 Å². The maximum atomic E-state index is 13.5. The van der Waals surface area contributed by atoms with E-state index in [0.29, 0.717) is 39.6 Å². The van der Waals surface area contributed by atoms with E-state index in [0.717, 1.165) is 37.3 Å². The molecule has 0 aliphatic heterocycles. The van der Waals surface area contributed by atoms with E-state index in [1.165, 1.54) is 6.33 Å². The lowest BCUT2D eigenvalue weighted by atomic mass is 9.86. The molecule has 9 heteroatoms. The Balaban J connectivity index is 1.18. The molecule has 5 aromatic rings. The van der Waals surface area contributed by atoms with Crippen molar-refractivity contribution in [1.29, 1.82) is 0 Å². The molecule has 3 heterocycles. The van der Waals surface area contributed by atoms with Gasteiger partial charge in [0.15, 0.2) is 5.78 Å². The Kier molecular flexibility index (Phi) is 6.10. The molecule has 0 amide bonds. The Morgan fingerprint density at radius 2 is 1.73 bits per heavy atom. The van der Waals surface area contributed by atoms with E-state index in [4.69, 9.17) is 9.15 Å². The topological polar surface area (TPSA) is 119 Å². The third kappa shape index (κ3) is 4.80. The third-order valence-electron chi connectivity index (χ3n) is 6.77.